The number of hydrogen-bond acceptors (Lipinski definition) is 5. The average molecular weight is 449 g/mol. The van der Waals surface area contributed by atoms with Crippen LogP contribution in [0, 0.1) is 12.7 Å². The van der Waals surface area contributed by atoms with Crippen LogP contribution in [0.5, 0.6) is 0 Å². The molecule has 3 atom stereocenters. The number of urea groups is 1. The van der Waals surface area contributed by atoms with E-state index < -0.39 is 18.2 Å². The number of amides is 2. The molecule has 5 rings (SSSR count). The van der Waals surface area contributed by atoms with Crippen molar-refractivity contribution in [2.45, 2.75) is 44.2 Å². The number of carbonyl (C=O) groups excluding carboxylic acids is 1. The molecule has 0 radical (unpaired) electrons. The fourth-order valence-electron chi connectivity index (χ4n) is 4.30. The van der Waals surface area contributed by atoms with Crippen molar-refractivity contribution in [3.63, 3.8) is 0 Å². The quantitative estimate of drug-likeness (QED) is 0.381. The van der Waals surface area contributed by atoms with Gasteiger partial charge >= 0.3 is 6.03 Å². The Bertz CT molecular complexity index is 1250. The Balaban J connectivity index is 1.34. The molecule has 1 saturated carbocycles. The van der Waals surface area contributed by atoms with E-state index in [0.29, 0.717) is 36.7 Å². The summed E-state index contributed by atoms with van der Waals surface area (Å²) in [4.78, 5) is 25.0. The lowest BCUT2D eigenvalue weighted by molar-refractivity contribution is 0.0864. The van der Waals surface area contributed by atoms with Gasteiger partial charge in [-0.15, -0.1) is 5.10 Å². The van der Waals surface area contributed by atoms with Crippen LogP contribution in [0.4, 0.5) is 14.9 Å². The fraction of sp³-hybridized carbons (Fsp3) is 0.304. The van der Waals surface area contributed by atoms with Gasteiger partial charge in [-0.3, -0.25) is 0 Å². The minimum absolute atomic E-state index is 0.0288. The lowest BCUT2D eigenvalue weighted by Crippen LogP contribution is -2.48. The van der Waals surface area contributed by atoms with Crippen molar-refractivity contribution < 1.29 is 14.3 Å². The third-order valence-corrected chi connectivity index (χ3v) is 5.91. The Labute approximate surface area is 189 Å². The molecule has 1 aliphatic rings. The molecule has 2 amide bonds. The molecular weight excluding hydrogens is 425 g/mol. The number of fused-ring (bicyclic) bond motifs is 1. The van der Waals surface area contributed by atoms with Gasteiger partial charge in [0.1, 0.15) is 17.5 Å². The highest BCUT2D eigenvalue weighted by Crippen LogP contribution is 2.33. The van der Waals surface area contributed by atoms with Gasteiger partial charge < -0.3 is 20.7 Å². The average Bonchev–Trinajstić information content (AvgIpc) is 3.40. The van der Waals surface area contributed by atoms with Gasteiger partial charge in [-0.2, -0.15) is 4.68 Å². The number of rotatable bonds is 4. The lowest BCUT2D eigenvalue weighted by atomic mass is 9.83. The second-order valence-corrected chi connectivity index (χ2v) is 8.30. The van der Waals surface area contributed by atoms with Crippen molar-refractivity contribution in [1.29, 1.82) is 0 Å². The second kappa shape index (κ2) is 8.62. The van der Waals surface area contributed by atoms with Crippen LogP contribution < -0.4 is 10.6 Å². The number of nitrogens with zero attached hydrogens (tertiary/aromatic N) is 4. The number of halogens is 1. The number of aromatic amines is 1. The number of anilines is 1. The molecule has 9 nitrogen and oxygen atoms in total. The van der Waals surface area contributed by atoms with E-state index in [4.69, 9.17) is 0 Å². The monoisotopic (exact) mass is 449 g/mol. The number of aromatic nitrogens is 5. The van der Waals surface area contributed by atoms with Gasteiger partial charge in [-0.25, -0.2) is 19.2 Å². The van der Waals surface area contributed by atoms with Gasteiger partial charge in [0.2, 0.25) is 5.95 Å². The standard InChI is InChI=1S/C23H24FN7O2/c1-13-25-21(31(30-13)22-27-17-4-2-3-5-18(17)28-22)14-6-11-20(32)19(12-14)29-23(33)26-16-9-7-15(24)8-10-16/h2-5,7-10,14,19-20,32H,6,11-12H2,1H3,(H,27,28)(H2,26,29,33)/t14-,19+,20+/m0/s1. The van der Waals surface area contributed by atoms with Crippen molar-refractivity contribution in [1.82, 2.24) is 30.0 Å². The zero-order valence-electron chi connectivity index (χ0n) is 18.0. The van der Waals surface area contributed by atoms with Gasteiger partial charge in [0.05, 0.1) is 23.2 Å². The maximum absolute atomic E-state index is 13.1. The summed E-state index contributed by atoms with van der Waals surface area (Å²) in [6.07, 6.45) is 1.04. The Morgan fingerprint density at radius 3 is 2.73 bits per heavy atom. The highest BCUT2D eigenvalue weighted by atomic mass is 19.1. The molecule has 1 fully saturated rings. The zero-order chi connectivity index (χ0) is 22.9. The number of aliphatic hydroxyl groups excluding tert-OH is 1. The number of imidazole rings is 1. The Morgan fingerprint density at radius 2 is 1.94 bits per heavy atom. The van der Waals surface area contributed by atoms with Crippen LogP contribution in [0.3, 0.4) is 0 Å². The van der Waals surface area contributed by atoms with Crippen LogP contribution in [0.1, 0.15) is 36.8 Å². The normalized spacial score (nSPS) is 20.6. The molecule has 10 heteroatoms. The lowest BCUT2D eigenvalue weighted by Gasteiger charge is -2.33. The van der Waals surface area contributed by atoms with Crippen LogP contribution in [-0.2, 0) is 0 Å². The molecule has 0 spiro atoms. The molecular formula is C23H24FN7O2. The van der Waals surface area contributed by atoms with Gasteiger partial charge in [-0.1, -0.05) is 12.1 Å². The molecule has 1 aliphatic carbocycles. The molecule has 0 bridgehead atoms. The van der Waals surface area contributed by atoms with E-state index in [1.807, 2.05) is 31.2 Å². The highest BCUT2D eigenvalue weighted by Gasteiger charge is 2.34. The first-order chi connectivity index (χ1) is 16.0. The van der Waals surface area contributed by atoms with Crippen molar-refractivity contribution in [3.8, 4) is 5.95 Å². The summed E-state index contributed by atoms with van der Waals surface area (Å²) >= 11 is 0. The number of H-pyrrole nitrogens is 1. The molecule has 0 aliphatic heterocycles. The third kappa shape index (κ3) is 4.42. The maximum atomic E-state index is 13.1. The summed E-state index contributed by atoms with van der Waals surface area (Å²) in [6.45, 7) is 1.83. The number of aryl methyl sites for hydroxylation is 1. The Morgan fingerprint density at radius 1 is 1.15 bits per heavy atom. The van der Waals surface area contributed by atoms with Gasteiger partial charge in [0.25, 0.3) is 0 Å². The number of benzene rings is 2. The van der Waals surface area contributed by atoms with E-state index in [0.717, 1.165) is 16.9 Å². The Kier molecular flexibility index (Phi) is 5.51. The summed E-state index contributed by atoms with van der Waals surface area (Å²) in [7, 11) is 0. The second-order valence-electron chi connectivity index (χ2n) is 8.30. The van der Waals surface area contributed by atoms with E-state index in [9.17, 15) is 14.3 Å². The van der Waals surface area contributed by atoms with Crippen LogP contribution in [0.2, 0.25) is 0 Å². The van der Waals surface area contributed by atoms with E-state index in [2.05, 4.69) is 30.7 Å². The molecule has 2 heterocycles. The fourth-order valence-corrected chi connectivity index (χ4v) is 4.30. The van der Waals surface area contributed by atoms with E-state index in [1.165, 1.54) is 24.3 Å². The van der Waals surface area contributed by atoms with Crippen LogP contribution >= 0.6 is 0 Å². The SMILES string of the molecule is Cc1nc([C@H]2CC[C@@H](O)[C@H](NC(=O)Nc3ccc(F)cc3)C2)n(-c2nc3ccccc3[nH]2)n1. The number of nitrogens with one attached hydrogen (secondary N) is 3. The van der Waals surface area contributed by atoms with Crippen molar-refractivity contribution in [3.05, 3.63) is 66.0 Å². The van der Waals surface area contributed by atoms with Crippen molar-refractivity contribution in [2.75, 3.05) is 5.32 Å². The molecule has 2 aromatic carbocycles. The molecule has 2 aromatic heterocycles. The first-order valence-corrected chi connectivity index (χ1v) is 10.9. The molecule has 4 aromatic rings. The number of para-hydroxylation sites is 2. The third-order valence-electron chi connectivity index (χ3n) is 5.91. The summed E-state index contributed by atoms with van der Waals surface area (Å²) in [5, 5.41) is 20.6. The largest absolute Gasteiger partial charge is 0.391 e. The first-order valence-electron chi connectivity index (χ1n) is 10.9. The summed E-state index contributed by atoms with van der Waals surface area (Å²) in [6, 6.07) is 12.3. The predicted octanol–water partition coefficient (Wildman–Crippen LogP) is 3.41. The molecule has 0 saturated heterocycles. The Hall–Kier alpha value is -3.79. The minimum atomic E-state index is -0.677. The van der Waals surface area contributed by atoms with E-state index in [1.54, 1.807) is 4.68 Å². The van der Waals surface area contributed by atoms with Crippen LogP contribution in [-0.4, -0.2) is 48.0 Å². The summed E-state index contributed by atoms with van der Waals surface area (Å²) in [5.74, 6) is 1.53. The van der Waals surface area contributed by atoms with Crippen molar-refractivity contribution >= 4 is 22.8 Å². The van der Waals surface area contributed by atoms with Gasteiger partial charge in [0.15, 0.2) is 0 Å². The summed E-state index contributed by atoms with van der Waals surface area (Å²) in [5.41, 5.74) is 2.21. The zero-order valence-corrected chi connectivity index (χ0v) is 18.0. The highest BCUT2D eigenvalue weighted by molar-refractivity contribution is 5.89. The first kappa shape index (κ1) is 21.1. The molecule has 33 heavy (non-hydrogen) atoms. The van der Waals surface area contributed by atoms with Gasteiger partial charge in [-0.05, 0) is 62.6 Å². The number of hydrogen-bond donors (Lipinski definition) is 4. The predicted molar refractivity (Wildman–Crippen MR) is 121 cm³/mol. The molecule has 170 valence electrons. The summed E-state index contributed by atoms with van der Waals surface area (Å²) < 4.78 is 14.8. The van der Waals surface area contributed by atoms with Crippen LogP contribution in [0.15, 0.2) is 48.5 Å². The van der Waals surface area contributed by atoms with Crippen molar-refractivity contribution in [2.24, 2.45) is 0 Å². The topological polar surface area (TPSA) is 121 Å². The van der Waals surface area contributed by atoms with Crippen LogP contribution in [0.25, 0.3) is 17.0 Å². The minimum Gasteiger partial charge on any atom is -0.391 e. The number of carbonyl (C=O) groups is 1. The molecule has 4 N–H and O–H groups in total. The van der Waals surface area contributed by atoms with E-state index in [-0.39, 0.29) is 11.7 Å². The maximum Gasteiger partial charge on any atom is 0.319 e. The number of aliphatic hydroxyl groups is 1. The van der Waals surface area contributed by atoms with Gasteiger partial charge in [0, 0.05) is 11.6 Å². The molecule has 0 unspecified atom stereocenters. The smallest absolute Gasteiger partial charge is 0.319 e. The van der Waals surface area contributed by atoms with E-state index >= 15 is 0 Å².